The van der Waals surface area contributed by atoms with E-state index in [0.29, 0.717) is 28.8 Å². The predicted octanol–water partition coefficient (Wildman–Crippen LogP) is 4.32. The van der Waals surface area contributed by atoms with Crippen LogP contribution in [0.3, 0.4) is 0 Å². The number of fused-ring (bicyclic) bond motifs is 2. The van der Waals surface area contributed by atoms with E-state index in [9.17, 15) is 8.42 Å². The van der Waals surface area contributed by atoms with Crippen LogP contribution in [-0.4, -0.2) is 72.0 Å². The van der Waals surface area contributed by atoms with Gasteiger partial charge in [-0.15, -0.1) is 0 Å². The summed E-state index contributed by atoms with van der Waals surface area (Å²) < 4.78 is 46.7. The van der Waals surface area contributed by atoms with Crippen molar-refractivity contribution < 1.29 is 12.8 Å². The lowest BCUT2D eigenvalue weighted by Crippen LogP contribution is -2.49. The first kappa shape index (κ1) is 28.3. The van der Waals surface area contributed by atoms with E-state index in [1.54, 1.807) is 22.5 Å². The maximum atomic E-state index is 15.8. The average Bonchev–Trinajstić information content (AvgIpc) is 3.60. The number of nitrogens with zero attached hydrogens (tertiary/aromatic N) is 6. The van der Waals surface area contributed by atoms with Crippen LogP contribution in [0, 0.1) is 5.82 Å². The molecule has 3 aliphatic rings. The first-order valence-corrected chi connectivity index (χ1v) is 16.7. The maximum absolute atomic E-state index is 15.8. The number of benzene rings is 2. The summed E-state index contributed by atoms with van der Waals surface area (Å²) >= 11 is 1.08. The number of nitrogen functional groups attached to an aromatic ring is 1. The van der Waals surface area contributed by atoms with Gasteiger partial charge in [-0.2, -0.15) is 0 Å². The summed E-state index contributed by atoms with van der Waals surface area (Å²) in [6.07, 6.45) is 7.87. The van der Waals surface area contributed by atoms with Crippen LogP contribution < -0.4 is 19.9 Å². The number of sulfonamides is 1. The highest BCUT2D eigenvalue weighted by Gasteiger charge is 2.31. The van der Waals surface area contributed by atoms with E-state index < -0.39 is 15.8 Å². The average molecular weight is 624 g/mol. The second-order valence-electron chi connectivity index (χ2n) is 11.6. The van der Waals surface area contributed by atoms with Crippen molar-refractivity contribution in [2.75, 3.05) is 48.0 Å². The fourth-order valence-corrected chi connectivity index (χ4v) is 8.35. The number of piperazine rings is 1. The molecule has 1 saturated heterocycles. The largest absolute Gasteiger partial charge is 0.383 e. The molecule has 0 radical (unpaired) electrons. The fraction of sp³-hybridized carbons (Fsp3) is 0.379. The minimum absolute atomic E-state index is 0.0436. The Kier molecular flexibility index (Phi) is 7.21. The number of halogens is 1. The molecule has 0 bridgehead atoms. The number of rotatable bonds is 5. The molecule has 2 aliphatic heterocycles. The van der Waals surface area contributed by atoms with Gasteiger partial charge in [-0.3, -0.25) is 9.21 Å². The molecular weight excluding hydrogens is 590 g/mol. The second-order valence-corrected chi connectivity index (χ2v) is 13.8. The Labute approximate surface area is 254 Å². The van der Waals surface area contributed by atoms with Crippen LogP contribution in [0.15, 0.2) is 53.8 Å². The summed E-state index contributed by atoms with van der Waals surface area (Å²) in [5.74, 6) is -0.109. The van der Waals surface area contributed by atoms with Crippen molar-refractivity contribution in [2.24, 2.45) is 5.14 Å². The Morgan fingerprint density at radius 1 is 1.00 bits per heavy atom. The Balaban J connectivity index is 1.18. The highest BCUT2D eigenvalue weighted by molar-refractivity contribution is 8.02. The van der Waals surface area contributed by atoms with Crippen LogP contribution in [0.25, 0.3) is 22.2 Å². The molecule has 1 aliphatic carbocycles. The minimum atomic E-state index is -3.96. The van der Waals surface area contributed by atoms with Crippen LogP contribution in [0.2, 0.25) is 0 Å². The van der Waals surface area contributed by atoms with Crippen molar-refractivity contribution in [3.8, 4) is 11.1 Å². The highest BCUT2D eigenvalue weighted by Crippen LogP contribution is 2.48. The summed E-state index contributed by atoms with van der Waals surface area (Å²) in [7, 11) is -1.77. The minimum Gasteiger partial charge on any atom is -0.383 e. The van der Waals surface area contributed by atoms with E-state index in [1.807, 2.05) is 12.3 Å². The van der Waals surface area contributed by atoms with Gasteiger partial charge in [-0.05, 0) is 62.6 Å². The molecule has 4 heterocycles. The predicted molar refractivity (Wildman–Crippen MR) is 169 cm³/mol. The smallest absolute Gasteiger partial charge is 0.240 e. The molecule has 0 spiro atoms. The SMILES string of the molecule is CN1CCN(C2CCC(n3cc(-c4ccc(N5SNc6c5cccc6S(N)(=O)=O)c(F)c4)c4c(N)ncnc43)CC2)CC1. The lowest BCUT2D eigenvalue weighted by atomic mass is 9.89. The Hall–Kier alpha value is -3.43. The zero-order chi connectivity index (χ0) is 29.9. The van der Waals surface area contributed by atoms with Gasteiger partial charge in [-0.25, -0.2) is 27.9 Å². The van der Waals surface area contributed by atoms with Gasteiger partial charge in [0.05, 0.1) is 34.6 Å². The number of anilines is 4. The van der Waals surface area contributed by atoms with E-state index >= 15 is 4.39 Å². The molecule has 2 aromatic carbocycles. The third-order valence-corrected chi connectivity index (χ3v) is 10.8. The number of likely N-dealkylation sites (N-methyl/N-ethyl adjacent to an activating group) is 1. The standard InChI is InChI=1S/C29H34FN9O2S2/c1-36-11-13-37(14-12-36)19-6-8-20(9-7-19)38-16-21(26-28(31)33-17-34-29(26)38)18-5-10-23(22(30)15-18)39-24-3-2-4-25(43(32,40)41)27(24)35-42-39/h2-5,10,15-17,19-20,35H,6-9,11-14H2,1H3,(H2,31,33,34)(H2,32,40,41). The summed E-state index contributed by atoms with van der Waals surface area (Å²) in [4.78, 5) is 13.9. The monoisotopic (exact) mass is 623 g/mol. The van der Waals surface area contributed by atoms with Crippen LogP contribution in [-0.2, 0) is 10.0 Å². The summed E-state index contributed by atoms with van der Waals surface area (Å²) in [6, 6.07) is 10.6. The van der Waals surface area contributed by atoms with E-state index in [-0.39, 0.29) is 16.6 Å². The van der Waals surface area contributed by atoms with E-state index in [0.717, 1.165) is 80.6 Å². The zero-order valence-corrected chi connectivity index (χ0v) is 25.4. The van der Waals surface area contributed by atoms with Crippen LogP contribution >= 0.6 is 12.1 Å². The number of primary sulfonamides is 1. The van der Waals surface area contributed by atoms with Crippen molar-refractivity contribution in [1.82, 2.24) is 24.3 Å². The van der Waals surface area contributed by atoms with Gasteiger partial charge in [0.2, 0.25) is 10.0 Å². The first-order chi connectivity index (χ1) is 20.7. The van der Waals surface area contributed by atoms with Crippen LogP contribution in [0.5, 0.6) is 0 Å². The van der Waals surface area contributed by atoms with Crippen molar-refractivity contribution in [3.63, 3.8) is 0 Å². The number of nitrogens with two attached hydrogens (primary N) is 2. The third kappa shape index (κ3) is 5.10. The molecule has 5 N–H and O–H groups in total. The third-order valence-electron chi connectivity index (χ3n) is 9.00. The van der Waals surface area contributed by atoms with E-state index in [1.165, 1.54) is 18.5 Å². The second kappa shape index (κ2) is 10.9. The lowest BCUT2D eigenvalue weighted by Gasteiger charge is -2.41. The van der Waals surface area contributed by atoms with Gasteiger partial charge >= 0.3 is 0 Å². The molecule has 11 nitrogen and oxygen atoms in total. The molecule has 2 aromatic heterocycles. The zero-order valence-electron chi connectivity index (χ0n) is 23.8. The van der Waals surface area contributed by atoms with E-state index in [2.05, 4.69) is 36.1 Å². The Morgan fingerprint density at radius 3 is 2.47 bits per heavy atom. The Morgan fingerprint density at radius 2 is 1.74 bits per heavy atom. The van der Waals surface area contributed by atoms with Gasteiger partial charge in [0.15, 0.2) is 0 Å². The van der Waals surface area contributed by atoms with Crippen LogP contribution in [0.1, 0.15) is 31.7 Å². The van der Waals surface area contributed by atoms with Crippen molar-refractivity contribution >= 4 is 56.1 Å². The molecule has 4 aromatic rings. The topological polar surface area (TPSA) is 139 Å². The molecule has 2 fully saturated rings. The summed E-state index contributed by atoms with van der Waals surface area (Å²) in [5, 5.41) is 6.11. The molecule has 14 heteroatoms. The number of hydrogen-bond acceptors (Lipinski definition) is 10. The normalized spacial score (nSPS) is 21.7. The van der Waals surface area contributed by atoms with Gasteiger partial charge in [0, 0.05) is 50.0 Å². The van der Waals surface area contributed by atoms with Gasteiger partial charge in [0.25, 0.3) is 0 Å². The van der Waals surface area contributed by atoms with Crippen molar-refractivity contribution in [3.05, 3.63) is 54.7 Å². The van der Waals surface area contributed by atoms with E-state index in [4.69, 9.17) is 10.9 Å². The van der Waals surface area contributed by atoms with Crippen molar-refractivity contribution in [1.29, 1.82) is 0 Å². The molecule has 0 amide bonds. The molecular formula is C29H34FN9O2S2. The molecule has 43 heavy (non-hydrogen) atoms. The van der Waals surface area contributed by atoms with Crippen LogP contribution in [0.4, 0.5) is 27.3 Å². The first-order valence-electron chi connectivity index (χ1n) is 14.4. The van der Waals surface area contributed by atoms with Gasteiger partial charge < -0.3 is 19.9 Å². The quantitative estimate of drug-likeness (QED) is 0.276. The van der Waals surface area contributed by atoms with Gasteiger partial charge in [-0.1, -0.05) is 12.1 Å². The molecule has 0 atom stereocenters. The van der Waals surface area contributed by atoms with Crippen molar-refractivity contribution in [2.45, 2.75) is 42.7 Å². The summed E-state index contributed by atoms with van der Waals surface area (Å²) in [6.45, 7) is 4.48. The number of nitrogens with one attached hydrogen (secondary N) is 1. The molecule has 0 unspecified atom stereocenters. The molecule has 7 rings (SSSR count). The Bertz CT molecular complexity index is 1800. The number of para-hydroxylation sites is 1. The number of hydrogen-bond donors (Lipinski definition) is 3. The highest BCUT2D eigenvalue weighted by atomic mass is 32.2. The number of aromatic nitrogens is 3. The summed E-state index contributed by atoms with van der Waals surface area (Å²) in [5.41, 5.74) is 9.71. The van der Waals surface area contributed by atoms with Gasteiger partial charge in [0.1, 0.15) is 28.5 Å². The maximum Gasteiger partial charge on any atom is 0.240 e. The molecule has 1 saturated carbocycles. The lowest BCUT2D eigenvalue weighted by molar-refractivity contribution is 0.0828. The fourth-order valence-electron chi connectivity index (χ4n) is 6.68. The molecule has 226 valence electrons.